The van der Waals surface area contributed by atoms with Gasteiger partial charge in [0.05, 0.1) is 11.3 Å². The molecule has 92 valence electrons. The van der Waals surface area contributed by atoms with Crippen LogP contribution in [0.25, 0.3) is 0 Å². The molecule has 0 aromatic heterocycles. The number of hydrogen-bond donors (Lipinski definition) is 1. The van der Waals surface area contributed by atoms with Gasteiger partial charge in [-0.2, -0.15) is 0 Å². The molecule has 18 heavy (non-hydrogen) atoms. The number of anilines is 1. The molecule has 1 heterocycles. The highest BCUT2D eigenvalue weighted by molar-refractivity contribution is 6.52. The molecular weight excluding hydrogens is 258 g/mol. The second-order valence-corrected chi connectivity index (χ2v) is 4.08. The van der Waals surface area contributed by atoms with E-state index in [4.69, 9.17) is 16.7 Å². The molecule has 2 rings (SSSR count). The van der Waals surface area contributed by atoms with Crippen LogP contribution in [0.5, 0.6) is 0 Å². The number of Topliss-reactive ketones (excluding diaryl/α,β-unsaturated/α-hetero) is 1. The molecule has 6 heteroatoms. The quantitative estimate of drug-likeness (QED) is 0.664. The molecule has 0 atom stereocenters. The first-order valence-electron chi connectivity index (χ1n) is 5.06. The van der Waals surface area contributed by atoms with Crippen molar-refractivity contribution in [1.29, 1.82) is 0 Å². The Kier molecular flexibility index (Phi) is 3.16. The highest BCUT2D eigenvalue weighted by Gasteiger charge is 2.35. The highest BCUT2D eigenvalue weighted by atomic mass is 35.5. The van der Waals surface area contributed by atoms with Crippen molar-refractivity contribution in [2.45, 2.75) is 0 Å². The van der Waals surface area contributed by atoms with E-state index in [0.717, 1.165) is 6.08 Å². The van der Waals surface area contributed by atoms with Gasteiger partial charge in [-0.05, 0) is 18.2 Å². The molecule has 0 fully saturated rings. The molecule has 0 spiro atoms. The summed E-state index contributed by atoms with van der Waals surface area (Å²) in [5, 5.41) is 8.87. The SMILES string of the molecule is O=C(O)C=CCN1C(=O)C(=O)c2ccc(Cl)cc21. The van der Waals surface area contributed by atoms with Gasteiger partial charge < -0.3 is 10.0 Å². The molecule has 5 nitrogen and oxygen atoms in total. The van der Waals surface area contributed by atoms with Gasteiger partial charge in [0, 0.05) is 17.6 Å². The number of fused-ring (bicyclic) bond motifs is 1. The lowest BCUT2D eigenvalue weighted by atomic mass is 10.1. The van der Waals surface area contributed by atoms with E-state index >= 15 is 0 Å². The largest absolute Gasteiger partial charge is 0.478 e. The van der Waals surface area contributed by atoms with Crippen molar-refractivity contribution in [1.82, 2.24) is 0 Å². The van der Waals surface area contributed by atoms with Crippen molar-refractivity contribution < 1.29 is 19.5 Å². The van der Waals surface area contributed by atoms with Crippen LogP contribution in [0.15, 0.2) is 30.4 Å². The van der Waals surface area contributed by atoms with Crippen LogP contribution in [0.2, 0.25) is 5.02 Å². The lowest BCUT2D eigenvalue weighted by molar-refractivity contribution is -0.131. The summed E-state index contributed by atoms with van der Waals surface area (Å²) in [7, 11) is 0. The number of aliphatic carboxylic acids is 1. The summed E-state index contributed by atoms with van der Waals surface area (Å²) in [6, 6.07) is 4.52. The third kappa shape index (κ3) is 2.12. The van der Waals surface area contributed by atoms with Crippen molar-refractivity contribution in [3.63, 3.8) is 0 Å². The van der Waals surface area contributed by atoms with Crippen LogP contribution in [0, 0.1) is 0 Å². The molecular formula is C12H8ClNO4. The maximum Gasteiger partial charge on any atom is 0.328 e. The average Bonchev–Trinajstić information content (AvgIpc) is 2.53. The number of nitrogens with zero attached hydrogens (tertiary/aromatic N) is 1. The lowest BCUT2D eigenvalue weighted by Crippen LogP contribution is -2.29. The zero-order valence-electron chi connectivity index (χ0n) is 9.09. The van der Waals surface area contributed by atoms with Gasteiger partial charge in [0.1, 0.15) is 0 Å². The first-order chi connectivity index (χ1) is 8.50. The van der Waals surface area contributed by atoms with Crippen LogP contribution >= 0.6 is 11.6 Å². The number of benzene rings is 1. The van der Waals surface area contributed by atoms with Gasteiger partial charge in [-0.15, -0.1) is 0 Å². The summed E-state index contributed by atoms with van der Waals surface area (Å²) < 4.78 is 0. The monoisotopic (exact) mass is 265 g/mol. The number of ketones is 1. The molecule has 1 aliphatic rings. The zero-order valence-corrected chi connectivity index (χ0v) is 9.85. The molecule has 0 saturated heterocycles. The number of halogens is 1. The molecule has 1 aromatic rings. The smallest absolute Gasteiger partial charge is 0.328 e. The van der Waals surface area contributed by atoms with Gasteiger partial charge in [-0.3, -0.25) is 9.59 Å². The van der Waals surface area contributed by atoms with Crippen LogP contribution in [0.3, 0.4) is 0 Å². The van der Waals surface area contributed by atoms with Crippen LogP contribution < -0.4 is 4.90 Å². The zero-order chi connectivity index (χ0) is 13.3. The van der Waals surface area contributed by atoms with Crippen LogP contribution in [0.1, 0.15) is 10.4 Å². The van der Waals surface area contributed by atoms with Crippen molar-refractivity contribution in [2.75, 3.05) is 11.4 Å². The summed E-state index contributed by atoms with van der Waals surface area (Å²) >= 11 is 5.81. The topological polar surface area (TPSA) is 74.7 Å². The van der Waals surface area contributed by atoms with Gasteiger partial charge >= 0.3 is 5.97 Å². The fourth-order valence-corrected chi connectivity index (χ4v) is 1.87. The minimum absolute atomic E-state index is 0.0181. The molecule has 0 radical (unpaired) electrons. The number of rotatable bonds is 3. The fraction of sp³-hybridized carbons (Fsp3) is 0.0833. The van der Waals surface area contributed by atoms with Crippen molar-refractivity contribution in [3.8, 4) is 0 Å². The summed E-state index contributed by atoms with van der Waals surface area (Å²) in [4.78, 5) is 34.9. The standard InChI is InChI=1S/C12H8ClNO4/c13-7-3-4-8-9(6-7)14(12(18)11(8)17)5-1-2-10(15)16/h1-4,6H,5H2,(H,15,16). The summed E-state index contributed by atoms with van der Waals surface area (Å²) in [5.74, 6) is -2.40. The minimum atomic E-state index is -1.11. The Bertz CT molecular complexity index is 579. The Morgan fingerprint density at radius 2 is 2.11 bits per heavy atom. The summed E-state index contributed by atoms with van der Waals surface area (Å²) in [5.41, 5.74) is 0.695. The summed E-state index contributed by atoms with van der Waals surface area (Å²) in [6.45, 7) is 0.0181. The number of carboxylic acids is 1. The molecule has 1 aromatic carbocycles. The third-order valence-corrected chi connectivity index (χ3v) is 2.72. The minimum Gasteiger partial charge on any atom is -0.478 e. The first-order valence-corrected chi connectivity index (χ1v) is 5.43. The van der Waals surface area contributed by atoms with E-state index in [9.17, 15) is 14.4 Å². The number of carbonyl (C=O) groups is 3. The number of carboxylic acid groups (broad SMARTS) is 1. The Hall–Kier alpha value is -2.14. The molecule has 1 aliphatic heterocycles. The number of hydrogen-bond acceptors (Lipinski definition) is 3. The predicted octanol–water partition coefficient (Wildman–Crippen LogP) is 1.51. The van der Waals surface area contributed by atoms with Gasteiger partial charge in [0.15, 0.2) is 0 Å². The second-order valence-electron chi connectivity index (χ2n) is 3.65. The first kappa shape index (κ1) is 12.3. The van der Waals surface area contributed by atoms with Gasteiger partial charge in [-0.25, -0.2) is 4.79 Å². The van der Waals surface area contributed by atoms with Crippen LogP contribution in [-0.2, 0) is 9.59 Å². The fourth-order valence-electron chi connectivity index (χ4n) is 1.71. The van der Waals surface area contributed by atoms with Crippen molar-refractivity contribution >= 4 is 34.9 Å². The highest BCUT2D eigenvalue weighted by Crippen LogP contribution is 2.31. The Labute approximate surface area is 107 Å². The van der Waals surface area contributed by atoms with E-state index in [1.807, 2.05) is 0 Å². The van der Waals surface area contributed by atoms with E-state index in [-0.39, 0.29) is 12.1 Å². The van der Waals surface area contributed by atoms with E-state index in [1.165, 1.54) is 29.2 Å². The van der Waals surface area contributed by atoms with Gasteiger partial charge in [0.2, 0.25) is 0 Å². The molecule has 0 saturated carbocycles. The number of carbonyl (C=O) groups excluding carboxylic acids is 2. The number of amides is 1. The van der Waals surface area contributed by atoms with E-state index in [0.29, 0.717) is 10.7 Å². The molecule has 0 aliphatic carbocycles. The molecule has 1 N–H and O–H groups in total. The second kappa shape index (κ2) is 4.62. The van der Waals surface area contributed by atoms with Gasteiger partial charge in [-0.1, -0.05) is 17.7 Å². The molecule has 0 unspecified atom stereocenters. The normalized spacial score (nSPS) is 14.4. The maximum atomic E-state index is 11.7. The molecule has 1 amide bonds. The van der Waals surface area contributed by atoms with Crippen molar-refractivity contribution in [2.24, 2.45) is 0 Å². The van der Waals surface area contributed by atoms with E-state index in [1.54, 1.807) is 0 Å². The maximum absolute atomic E-state index is 11.7. The predicted molar refractivity (Wildman–Crippen MR) is 64.9 cm³/mol. The Morgan fingerprint density at radius 3 is 2.78 bits per heavy atom. The molecule has 0 bridgehead atoms. The third-order valence-electron chi connectivity index (χ3n) is 2.48. The Morgan fingerprint density at radius 1 is 1.39 bits per heavy atom. The Balaban J connectivity index is 2.33. The van der Waals surface area contributed by atoms with Crippen molar-refractivity contribution in [3.05, 3.63) is 40.9 Å². The van der Waals surface area contributed by atoms with Crippen LogP contribution in [0.4, 0.5) is 5.69 Å². The summed E-state index contributed by atoms with van der Waals surface area (Å²) in [6.07, 6.45) is 2.21. The van der Waals surface area contributed by atoms with E-state index < -0.39 is 17.7 Å². The lowest BCUT2D eigenvalue weighted by Gasteiger charge is -2.13. The van der Waals surface area contributed by atoms with Crippen LogP contribution in [-0.4, -0.2) is 29.3 Å². The van der Waals surface area contributed by atoms with Gasteiger partial charge in [0.25, 0.3) is 11.7 Å². The van der Waals surface area contributed by atoms with E-state index in [2.05, 4.69) is 0 Å². The average molecular weight is 266 g/mol.